The van der Waals surface area contributed by atoms with E-state index < -0.39 is 12.2 Å². The zero-order valence-corrected chi connectivity index (χ0v) is 7.77. The maximum Gasteiger partial charge on any atom is 0.0955 e. The summed E-state index contributed by atoms with van der Waals surface area (Å²) in [5, 5.41) is 23.0. The van der Waals surface area contributed by atoms with Crippen LogP contribution < -0.4 is 5.32 Å². The first-order valence-corrected chi connectivity index (χ1v) is 5.00. The van der Waals surface area contributed by atoms with Crippen molar-refractivity contribution in [3.63, 3.8) is 0 Å². The molecule has 4 heteroatoms. The van der Waals surface area contributed by atoms with Gasteiger partial charge in [0.15, 0.2) is 0 Å². The van der Waals surface area contributed by atoms with E-state index in [0.29, 0.717) is 0 Å². The molecule has 3 rings (SSSR count). The van der Waals surface area contributed by atoms with Gasteiger partial charge in [0.25, 0.3) is 0 Å². The van der Waals surface area contributed by atoms with Crippen molar-refractivity contribution in [2.24, 2.45) is 5.92 Å². The monoisotopic (exact) mass is 184 g/mol. The van der Waals surface area contributed by atoms with Gasteiger partial charge < -0.3 is 15.5 Å². The number of aliphatic hydroxyl groups excluding tert-OH is 2. The molecule has 74 valence electrons. The fourth-order valence-electron chi connectivity index (χ4n) is 3.21. The molecule has 0 bridgehead atoms. The largest absolute Gasteiger partial charge is 0.390 e. The van der Waals surface area contributed by atoms with Crippen molar-refractivity contribution in [2.45, 2.75) is 30.7 Å². The number of nitrogens with one attached hydrogen (secondary N) is 1. The molecule has 3 aliphatic heterocycles. The second-order valence-corrected chi connectivity index (χ2v) is 4.69. The predicted octanol–water partition coefficient (Wildman–Crippen LogP) is -1.62. The van der Waals surface area contributed by atoms with Crippen molar-refractivity contribution in [3.8, 4) is 0 Å². The Morgan fingerprint density at radius 3 is 2.92 bits per heavy atom. The van der Waals surface area contributed by atoms with Crippen LogP contribution in [-0.4, -0.2) is 58.5 Å². The van der Waals surface area contributed by atoms with Crippen molar-refractivity contribution in [1.29, 1.82) is 0 Å². The Morgan fingerprint density at radius 1 is 1.38 bits per heavy atom. The number of aliphatic hydroxyl groups is 2. The molecule has 0 aliphatic carbocycles. The Labute approximate surface area is 77.5 Å². The van der Waals surface area contributed by atoms with Gasteiger partial charge in [-0.15, -0.1) is 0 Å². The van der Waals surface area contributed by atoms with Crippen LogP contribution in [0.1, 0.15) is 6.92 Å². The van der Waals surface area contributed by atoms with Gasteiger partial charge in [0.1, 0.15) is 0 Å². The van der Waals surface area contributed by atoms with E-state index in [-0.39, 0.29) is 17.5 Å². The van der Waals surface area contributed by atoms with E-state index in [1.807, 2.05) is 6.92 Å². The van der Waals surface area contributed by atoms with Crippen molar-refractivity contribution >= 4 is 0 Å². The minimum Gasteiger partial charge on any atom is -0.390 e. The summed E-state index contributed by atoms with van der Waals surface area (Å²) >= 11 is 0. The lowest BCUT2D eigenvalue weighted by molar-refractivity contribution is -0.0780. The summed E-state index contributed by atoms with van der Waals surface area (Å²) in [4.78, 5) is 2.31. The van der Waals surface area contributed by atoms with Gasteiger partial charge in [0, 0.05) is 31.6 Å². The molecule has 3 fully saturated rings. The first-order valence-electron chi connectivity index (χ1n) is 5.00. The lowest BCUT2D eigenvalue weighted by atomic mass is 9.82. The molecular weight excluding hydrogens is 168 g/mol. The van der Waals surface area contributed by atoms with Crippen LogP contribution >= 0.6 is 0 Å². The molecule has 13 heavy (non-hydrogen) atoms. The van der Waals surface area contributed by atoms with Gasteiger partial charge in [-0.25, -0.2) is 0 Å². The van der Waals surface area contributed by atoms with Crippen LogP contribution in [0.5, 0.6) is 0 Å². The molecule has 3 aliphatic rings. The highest BCUT2D eigenvalue weighted by molar-refractivity contribution is 5.24. The summed E-state index contributed by atoms with van der Waals surface area (Å²) < 4.78 is 0. The maximum absolute atomic E-state index is 9.89. The average Bonchev–Trinajstić information content (AvgIpc) is 2.66. The highest BCUT2D eigenvalue weighted by atomic mass is 16.3. The smallest absolute Gasteiger partial charge is 0.0955 e. The van der Waals surface area contributed by atoms with Gasteiger partial charge in [-0.3, -0.25) is 4.90 Å². The van der Waals surface area contributed by atoms with Gasteiger partial charge in [0.05, 0.1) is 17.7 Å². The minimum atomic E-state index is -0.569. The molecule has 1 spiro atoms. The van der Waals surface area contributed by atoms with E-state index in [4.69, 9.17) is 0 Å². The van der Waals surface area contributed by atoms with Gasteiger partial charge in [0.2, 0.25) is 0 Å². The fraction of sp³-hybridized carbons (Fsp3) is 1.00. The van der Waals surface area contributed by atoms with Gasteiger partial charge in [-0.1, -0.05) is 0 Å². The van der Waals surface area contributed by atoms with Crippen LogP contribution in [0.4, 0.5) is 0 Å². The van der Waals surface area contributed by atoms with Gasteiger partial charge in [-0.2, -0.15) is 0 Å². The molecule has 0 aromatic rings. The summed E-state index contributed by atoms with van der Waals surface area (Å²) in [6.07, 6.45) is -1.11. The number of rotatable bonds is 0. The quantitative estimate of drug-likeness (QED) is 0.396. The lowest BCUT2D eigenvalue weighted by Gasteiger charge is -2.38. The van der Waals surface area contributed by atoms with Crippen LogP contribution in [0.25, 0.3) is 0 Å². The molecule has 3 N–H and O–H groups in total. The van der Waals surface area contributed by atoms with Crippen LogP contribution in [-0.2, 0) is 0 Å². The Morgan fingerprint density at radius 2 is 2.15 bits per heavy atom. The predicted molar refractivity (Wildman–Crippen MR) is 47.3 cm³/mol. The third-order valence-corrected chi connectivity index (χ3v) is 4.15. The molecule has 0 aromatic heterocycles. The van der Waals surface area contributed by atoms with Gasteiger partial charge in [-0.05, 0) is 6.92 Å². The summed E-state index contributed by atoms with van der Waals surface area (Å²) in [7, 11) is 0. The molecule has 0 aromatic carbocycles. The number of nitrogens with zero attached hydrogens (tertiary/aromatic N) is 1. The molecule has 1 unspecified atom stereocenters. The molecule has 0 amide bonds. The third kappa shape index (κ3) is 0.801. The number of hydrogen-bond acceptors (Lipinski definition) is 4. The van der Waals surface area contributed by atoms with E-state index in [1.54, 1.807) is 0 Å². The molecule has 0 radical (unpaired) electrons. The fourth-order valence-corrected chi connectivity index (χ4v) is 3.21. The Bertz CT molecular complexity index is 246. The molecule has 3 heterocycles. The Balaban J connectivity index is 1.94. The van der Waals surface area contributed by atoms with Crippen LogP contribution in [0, 0.1) is 5.92 Å². The van der Waals surface area contributed by atoms with Crippen LogP contribution in [0.2, 0.25) is 0 Å². The first-order chi connectivity index (χ1) is 6.17. The van der Waals surface area contributed by atoms with E-state index >= 15 is 0 Å². The average molecular weight is 184 g/mol. The lowest BCUT2D eigenvalue weighted by Crippen LogP contribution is -2.55. The molecule has 6 atom stereocenters. The normalized spacial score (nSPS) is 64.4. The standard InChI is InChI=1S/C9H16N2O2/c1-5-7(12)8(13)6-2-10-3-9(6)4-11(5)9/h5-8,10,12-13H,2-4H2,1H3/t5-,6+,7-,8+,9+,11?/m1/s1. The summed E-state index contributed by atoms with van der Waals surface area (Å²) in [6.45, 7) is 4.87. The summed E-state index contributed by atoms with van der Waals surface area (Å²) in [5.74, 6) is 0.235. The topological polar surface area (TPSA) is 55.5 Å². The van der Waals surface area contributed by atoms with Crippen LogP contribution in [0.15, 0.2) is 0 Å². The van der Waals surface area contributed by atoms with Gasteiger partial charge >= 0.3 is 0 Å². The highest BCUT2D eigenvalue weighted by Gasteiger charge is 2.67. The van der Waals surface area contributed by atoms with Crippen LogP contribution in [0.3, 0.4) is 0 Å². The van der Waals surface area contributed by atoms with Crippen molar-refractivity contribution in [2.75, 3.05) is 19.6 Å². The molecule has 3 saturated heterocycles. The molecule has 0 saturated carbocycles. The highest BCUT2D eigenvalue weighted by Crippen LogP contribution is 2.50. The minimum absolute atomic E-state index is 0.117. The van der Waals surface area contributed by atoms with E-state index in [0.717, 1.165) is 19.6 Å². The Hall–Kier alpha value is -0.160. The zero-order valence-electron chi connectivity index (χ0n) is 7.77. The second kappa shape index (κ2) is 2.25. The van der Waals surface area contributed by atoms with Crippen molar-refractivity contribution in [3.05, 3.63) is 0 Å². The molecular formula is C9H16N2O2. The summed E-state index contributed by atoms with van der Waals surface area (Å²) in [6, 6.07) is 0.117. The summed E-state index contributed by atoms with van der Waals surface area (Å²) in [5.41, 5.74) is 0.193. The van der Waals surface area contributed by atoms with E-state index in [1.165, 1.54) is 0 Å². The number of hydrogen-bond donors (Lipinski definition) is 3. The second-order valence-electron chi connectivity index (χ2n) is 4.69. The third-order valence-electron chi connectivity index (χ3n) is 4.15. The van der Waals surface area contributed by atoms with E-state index in [2.05, 4.69) is 10.2 Å². The SMILES string of the molecule is C[C@@H]1[C@@H](O)[C@@H](O)[C@@H]2CNC[C@]23CN13. The van der Waals surface area contributed by atoms with Crippen molar-refractivity contribution < 1.29 is 10.2 Å². The number of piperidine rings is 1. The Kier molecular flexibility index (Phi) is 1.42. The van der Waals surface area contributed by atoms with E-state index in [9.17, 15) is 10.2 Å². The zero-order chi connectivity index (χ0) is 9.22. The van der Waals surface area contributed by atoms with Crippen molar-refractivity contribution in [1.82, 2.24) is 10.2 Å². The molecule has 4 nitrogen and oxygen atoms in total. The first kappa shape index (κ1) is 8.17. The maximum atomic E-state index is 9.89.